The second-order valence-corrected chi connectivity index (χ2v) is 10.2. The first-order valence-corrected chi connectivity index (χ1v) is 12.1. The molecule has 30 heavy (non-hydrogen) atoms. The number of nitrogens with one attached hydrogen (secondary N) is 2. The van der Waals surface area contributed by atoms with Crippen molar-refractivity contribution >= 4 is 54.6 Å². The van der Waals surface area contributed by atoms with Crippen molar-refractivity contribution in [3.8, 4) is 5.75 Å². The number of para-hydroxylation sites is 1. The summed E-state index contributed by atoms with van der Waals surface area (Å²) in [4.78, 5) is -0.122. The lowest BCUT2D eigenvalue weighted by Crippen LogP contribution is -2.15. The SMILES string of the molecule is COc1ccc(S(=O)(=O)Nc2ccc(S(=O)(=O)Nc3ccccc3Cl)cc2)cc1Cl. The van der Waals surface area contributed by atoms with Gasteiger partial charge < -0.3 is 4.74 Å². The summed E-state index contributed by atoms with van der Waals surface area (Å²) in [7, 11) is -6.42. The first-order valence-electron chi connectivity index (χ1n) is 8.36. The van der Waals surface area contributed by atoms with E-state index in [2.05, 4.69) is 9.44 Å². The second kappa shape index (κ2) is 8.73. The lowest BCUT2D eigenvalue weighted by atomic mass is 10.3. The Morgan fingerprint density at radius 3 is 1.93 bits per heavy atom. The number of ether oxygens (including phenoxy) is 1. The van der Waals surface area contributed by atoms with E-state index in [0.717, 1.165) is 0 Å². The first-order chi connectivity index (χ1) is 14.1. The van der Waals surface area contributed by atoms with Crippen LogP contribution in [0.4, 0.5) is 11.4 Å². The van der Waals surface area contributed by atoms with Gasteiger partial charge in [-0.05, 0) is 54.6 Å². The van der Waals surface area contributed by atoms with Gasteiger partial charge in [0.1, 0.15) is 5.75 Å². The largest absolute Gasteiger partial charge is 0.495 e. The number of anilines is 2. The molecule has 3 aromatic carbocycles. The molecule has 0 aliphatic rings. The number of halogens is 2. The zero-order valence-electron chi connectivity index (χ0n) is 15.5. The van der Waals surface area contributed by atoms with Crippen molar-refractivity contribution in [3.63, 3.8) is 0 Å². The van der Waals surface area contributed by atoms with E-state index in [1.54, 1.807) is 18.2 Å². The van der Waals surface area contributed by atoms with E-state index < -0.39 is 20.0 Å². The van der Waals surface area contributed by atoms with E-state index in [1.807, 2.05) is 0 Å². The Bertz CT molecular complexity index is 1280. The summed E-state index contributed by atoms with van der Waals surface area (Å²) in [6, 6.07) is 15.7. The smallest absolute Gasteiger partial charge is 0.261 e. The van der Waals surface area contributed by atoms with Gasteiger partial charge in [0.2, 0.25) is 0 Å². The van der Waals surface area contributed by atoms with Gasteiger partial charge in [-0.2, -0.15) is 0 Å². The molecule has 7 nitrogen and oxygen atoms in total. The molecule has 3 aromatic rings. The standard InChI is InChI=1S/C19H16Cl2N2O5S2/c1-28-19-11-10-15(12-17(19)21)30(26,27)22-13-6-8-14(9-7-13)29(24,25)23-18-5-3-2-4-16(18)20/h2-12,22-23H,1H3. The molecule has 0 saturated heterocycles. The number of benzene rings is 3. The average molecular weight is 487 g/mol. The highest BCUT2D eigenvalue weighted by Crippen LogP contribution is 2.28. The number of rotatable bonds is 7. The van der Waals surface area contributed by atoms with Crippen LogP contribution in [0.3, 0.4) is 0 Å². The van der Waals surface area contributed by atoms with Gasteiger partial charge in [0.15, 0.2) is 0 Å². The Morgan fingerprint density at radius 1 is 0.733 bits per heavy atom. The Balaban J connectivity index is 1.80. The quantitative estimate of drug-likeness (QED) is 0.507. The van der Waals surface area contributed by atoms with Crippen molar-refractivity contribution in [2.75, 3.05) is 16.6 Å². The molecule has 158 valence electrons. The van der Waals surface area contributed by atoms with Gasteiger partial charge in [-0.3, -0.25) is 9.44 Å². The Hall–Kier alpha value is -2.46. The highest BCUT2D eigenvalue weighted by molar-refractivity contribution is 7.93. The summed E-state index contributed by atoms with van der Waals surface area (Å²) in [6.07, 6.45) is 0. The van der Waals surface area contributed by atoms with Crippen LogP contribution >= 0.6 is 23.2 Å². The van der Waals surface area contributed by atoms with Crippen molar-refractivity contribution in [1.29, 1.82) is 0 Å². The molecule has 0 fully saturated rings. The molecule has 0 spiro atoms. The van der Waals surface area contributed by atoms with E-state index in [0.29, 0.717) is 5.75 Å². The van der Waals surface area contributed by atoms with Crippen molar-refractivity contribution in [3.05, 3.63) is 76.8 Å². The Labute approximate surface area is 184 Å². The third-order valence-electron chi connectivity index (χ3n) is 3.97. The molecule has 0 saturated carbocycles. The molecule has 0 unspecified atom stereocenters. The fourth-order valence-electron chi connectivity index (χ4n) is 2.48. The van der Waals surface area contributed by atoms with Gasteiger partial charge in [0.05, 0.1) is 32.6 Å². The molecule has 0 aliphatic heterocycles. The molecule has 2 N–H and O–H groups in total. The second-order valence-electron chi connectivity index (χ2n) is 6.01. The van der Waals surface area contributed by atoms with Crippen LogP contribution in [0.25, 0.3) is 0 Å². The highest BCUT2D eigenvalue weighted by atomic mass is 35.5. The molecule has 0 amide bonds. The van der Waals surface area contributed by atoms with Crippen LogP contribution in [0.15, 0.2) is 76.5 Å². The van der Waals surface area contributed by atoms with E-state index in [1.165, 1.54) is 55.6 Å². The van der Waals surface area contributed by atoms with Crippen molar-refractivity contribution in [2.45, 2.75) is 9.79 Å². The third kappa shape index (κ3) is 4.99. The van der Waals surface area contributed by atoms with Crippen LogP contribution in [-0.2, 0) is 20.0 Å². The minimum Gasteiger partial charge on any atom is -0.495 e. The fraction of sp³-hybridized carbons (Fsp3) is 0.0526. The summed E-state index contributed by atoms with van der Waals surface area (Å²) in [5.41, 5.74) is 0.416. The molecule has 3 rings (SSSR count). The maximum Gasteiger partial charge on any atom is 0.261 e. The maximum atomic E-state index is 12.6. The van der Waals surface area contributed by atoms with Gasteiger partial charge >= 0.3 is 0 Å². The van der Waals surface area contributed by atoms with Gasteiger partial charge in [0, 0.05) is 5.69 Å². The monoisotopic (exact) mass is 486 g/mol. The molecule has 11 heteroatoms. The van der Waals surface area contributed by atoms with Crippen LogP contribution in [0.1, 0.15) is 0 Å². The summed E-state index contributed by atoms with van der Waals surface area (Å²) in [6.45, 7) is 0. The van der Waals surface area contributed by atoms with Crippen molar-refractivity contribution in [2.24, 2.45) is 0 Å². The van der Waals surface area contributed by atoms with E-state index in [4.69, 9.17) is 27.9 Å². The Kier molecular flexibility index (Phi) is 6.47. The molecule has 0 aromatic heterocycles. The van der Waals surface area contributed by atoms with Crippen LogP contribution in [-0.4, -0.2) is 23.9 Å². The van der Waals surface area contributed by atoms with E-state index in [9.17, 15) is 16.8 Å². The van der Waals surface area contributed by atoms with Crippen LogP contribution in [0.5, 0.6) is 5.75 Å². The van der Waals surface area contributed by atoms with E-state index >= 15 is 0 Å². The predicted octanol–water partition coefficient (Wildman–Crippen LogP) is 4.60. The summed E-state index contributed by atoms with van der Waals surface area (Å²) >= 11 is 12.0. The van der Waals surface area contributed by atoms with Crippen molar-refractivity contribution in [1.82, 2.24) is 0 Å². The third-order valence-corrected chi connectivity index (χ3v) is 7.35. The molecule has 0 aliphatic carbocycles. The topological polar surface area (TPSA) is 102 Å². The Morgan fingerprint density at radius 2 is 1.33 bits per heavy atom. The molecule has 0 atom stereocenters. The molecule has 0 bridgehead atoms. The summed E-state index contributed by atoms with van der Waals surface area (Å²) in [5.74, 6) is 0.344. The van der Waals surface area contributed by atoms with Gasteiger partial charge in [-0.15, -0.1) is 0 Å². The molecule has 0 heterocycles. The van der Waals surface area contributed by atoms with Gasteiger partial charge in [-0.1, -0.05) is 35.3 Å². The minimum atomic E-state index is -3.94. The molecule has 0 radical (unpaired) electrons. The summed E-state index contributed by atoms with van der Waals surface area (Å²) < 4.78 is 60.0. The van der Waals surface area contributed by atoms with Crippen molar-refractivity contribution < 1.29 is 21.6 Å². The average Bonchev–Trinajstić information content (AvgIpc) is 2.69. The zero-order chi connectivity index (χ0) is 21.9. The minimum absolute atomic E-state index is 0.0575. The number of methoxy groups -OCH3 is 1. The normalized spacial score (nSPS) is 11.7. The van der Waals surface area contributed by atoms with Gasteiger partial charge in [0.25, 0.3) is 20.0 Å². The first kappa shape index (κ1) is 22.2. The highest BCUT2D eigenvalue weighted by Gasteiger charge is 2.18. The fourth-order valence-corrected chi connectivity index (χ4v) is 5.20. The summed E-state index contributed by atoms with van der Waals surface area (Å²) in [5, 5.41) is 0.399. The lowest BCUT2D eigenvalue weighted by Gasteiger charge is -2.12. The van der Waals surface area contributed by atoms with Gasteiger partial charge in [-0.25, -0.2) is 16.8 Å². The zero-order valence-corrected chi connectivity index (χ0v) is 18.6. The molecular weight excluding hydrogens is 471 g/mol. The van der Waals surface area contributed by atoms with Crippen LogP contribution in [0, 0.1) is 0 Å². The van der Waals surface area contributed by atoms with Crippen LogP contribution in [0.2, 0.25) is 10.0 Å². The van der Waals surface area contributed by atoms with E-state index in [-0.39, 0.29) is 31.2 Å². The predicted molar refractivity (Wildman–Crippen MR) is 118 cm³/mol. The lowest BCUT2D eigenvalue weighted by molar-refractivity contribution is 0.414. The maximum absolute atomic E-state index is 12.6. The number of hydrogen-bond donors (Lipinski definition) is 2. The molecular formula is C19H16Cl2N2O5S2. The number of sulfonamides is 2. The van der Waals surface area contributed by atoms with Crippen LogP contribution < -0.4 is 14.2 Å². The number of hydrogen-bond acceptors (Lipinski definition) is 5.